The number of imide groups is 1. The molecule has 24 heavy (non-hydrogen) atoms. The van der Waals surface area contributed by atoms with Crippen molar-refractivity contribution in [3.8, 4) is 22.9 Å². The molecule has 0 unspecified atom stereocenters. The SMILES string of the molecule is CNC(=O)NC(=O)[C@H](C)Oc1ccc(-c2ccc(C#N)cc2)cc1. The molecule has 0 radical (unpaired) electrons. The highest BCUT2D eigenvalue weighted by Crippen LogP contribution is 2.23. The quantitative estimate of drug-likeness (QED) is 0.904. The van der Waals surface area contributed by atoms with E-state index >= 15 is 0 Å². The maximum absolute atomic E-state index is 11.7. The lowest BCUT2D eigenvalue weighted by Crippen LogP contribution is -2.43. The van der Waals surface area contributed by atoms with Gasteiger partial charge in [0.2, 0.25) is 0 Å². The lowest BCUT2D eigenvalue weighted by atomic mass is 10.0. The van der Waals surface area contributed by atoms with E-state index in [4.69, 9.17) is 10.00 Å². The molecule has 0 aliphatic heterocycles. The van der Waals surface area contributed by atoms with Crippen LogP contribution >= 0.6 is 0 Å². The van der Waals surface area contributed by atoms with Crippen LogP contribution in [0.5, 0.6) is 5.75 Å². The predicted molar refractivity (Wildman–Crippen MR) is 89.3 cm³/mol. The largest absolute Gasteiger partial charge is 0.481 e. The van der Waals surface area contributed by atoms with E-state index in [1.54, 1.807) is 31.2 Å². The molecule has 122 valence electrons. The third-order valence-electron chi connectivity index (χ3n) is 3.35. The van der Waals surface area contributed by atoms with Crippen molar-refractivity contribution in [2.45, 2.75) is 13.0 Å². The molecule has 0 spiro atoms. The van der Waals surface area contributed by atoms with E-state index in [0.717, 1.165) is 11.1 Å². The minimum atomic E-state index is -0.803. The molecule has 6 heteroatoms. The van der Waals surface area contributed by atoms with Crippen LogP contribution in [0.25, 0.3) is 11.1 Å². The number of carbonyl (C=O) groups excluding carboxylic acids is 2. The van der Waals surface area contributed by atoms with Crippen LogP contribution in [-0.4, -0.2) is 25.1 Å². The standard InChI is InChI=1S/C18H17N3O3/c1-12(17(22)21-18(23)20-2)24-16-9-7-15(8-10-16)14-5-3-13(11-19)4-6-14/h3-10,12H,1-2H3,(H2,20,21,22,23)/t12-/m0/s1. The van der Waals surface area contributed by atoms with E-state index in [-0.39, 0.29) is 0 Å². The molecule has 2 rings (SSSR count). The highest BCUT2D eigenvalue weighted by molar-refractivity contribution is 5.96. The number of carbonyl (C=O) groups is 2. The van der Waals surface area contributed by atoms with Crippen molar-refractivity contribution in [2.75, 3.05) is 7.05 Å². The van der Waals surface area contributed by atoms with Gasteiger partial charge in [-0.2, -0.15) is 5.26 Å². The van der Waals surface area contributed by atoms with Gasteiger partial charge in [-0.3, -0.25) is 10.1 Å². The molecule has 0 heterocycles. The Bertz CT molecular complexity index is 762. The van der Waals surface area contributed by atoms with Gasteiger partial charge in [-0.1, -0.05) is 24.3 Å². The Balaban J connectivity index is 2.02. The Labute approximate surface area is 140 Å². The van der Waals surface area contributed by atoms with E-state index in [9.17, 15) is 9.59 Å². The highest BCUT2D eigenvalue weighted by atomic mass is 16.5. The normalized spacial score (nSPS) is 11.0. The monoisotopic (exact) mass is 323 g/mol. The van der Waals surface area contributed by atoms with Crippen LogP contribution in [0, 0.1) is 11.3 Å². The Kier molecular flexibility index (Phi) is 5.53. The summed E-state index contributed by atoms with van der Waals surface area (Å²) in [5, 5.41) is 13.3. The summed E-state index contributed by atoms with van der Waals surface area (Å²) in [5.74, 6) is -0.00234. The molecular formula is C18H17N3O3. The minimum absolute atomic E-state index is 0.520. The number of hydrogen-bond acceptors (Lipinski definition) is 4. The van der Waals surface area contributed by atoms with Crippen LogP contribution in [0.1, 0.15) is 12.5 Å². The number of nitrogens with one attached hydrogen (secondary N) is 2. The first-order chi connectivity index (χ1) is 11.5. The number of amides is 3. The number of rotatable bonds is 4. The Morgan fingerprint density at radius 1 is 1.04 bits per heavy atom. The van der Waals surface area contributed by atoms with E-state index in [2.05, 4.69) is 16.7 Å². The summed E-state index contributed by atoms with van der Waals surface area (Å²) >= 11 is 0. The van der Waals surface area contributed by atoms with Gasteiger partial charge in [0.15, 0.2) is 6.10 Å². The first-order valence-corrected chi connectivity index (χ1v) is 7.33. The van der Waals surface area contributed by atoms with Gasteiger partial charge >= 0.3 is 6.03 Å². The smallest absolute Gasteiger partial charge is 0.321 e. The number of nitriles is 1. The van der Waals surface area contributed by atoms with Crippen molar-refractivity contribution in [1.82, 2.24) is 10.6 Å². The van der Waals surface area contributed by atoms with Gasteiger partial charge in [0, 0.05) is 7.05 Å². The van der Waals surface area contributed by atoms with Crippen molar-refractivity contribution in [1.29, 1.82) is 5.26 Å². The predicted octanol–water partition coefficient (Wildman–Crippen LogP) is 2.45. The molecule has 0 aliphatic carbocycles. The summed E-state index contributed by atoms with van der Waals surface area (Å²) in [4.78, 5) is 22.8. The molecule has 0 saturated carbocycles. The van der Waals surface area contributed by atoms with Crippen LogP contribution in [0.15, 0.2) is 48.5 Å². The molecule has 2 aromatic carbocycles. The van der Waals surface area contributed by atoms with Crippen LogP contribution < -0.4 is 15.4 Å². The molecule has 0 bridgehead atoms. The second-order valence-electron chi connectivity index (χ2n) is 5.04. The number of hydrogen-bond donors (Lipinski definition) is 2. The molecular weight excluding hydrogens is 306 g/mol. The van der Waals surface area contributed by atoms with E-state index < -0.39 is 18.0 Å². The average Bonchev–Trinajstić information content (AvgIpc) is 2.62. The lowest BCUT2D eigenvalue weighted by Gasteiger charge is -2.14. The van der Waals surface area contributed by atoms with Gasteiger partial charge in [-0.25, -0.2) is 4.79 Å². The van der Waals surface area contributed by atoms with Gasteiger partial charge in [-0.15, -0.1) is 0 Å². The van der Waals surface area contributed by atoms with Gasteiger partial charge < -0.3 is 10.1 Å². The molecule has 0 fully saturated rings. The summed E-state index contributed by atoms with van der Waals surface area (Å²) in [6.07, 6.45) is -0.803. The van der Waals surface area contributed by atoms with Gasteiger partial charge in [0.05, 0.1) is 11.6 Å². The maximum atomic E-state index is 11.7. The molecule has 3 amide bonds. The molecule has 1 atom stereocenters. The second kappa shape index (κ2) is 7.79. The van der Waals surface area contributed by atoms with Crippen LogP contribution in [-0.2, 0) is 4.79 Å². The van der Waals surface area contributed by atoms with Crippen molar-refractivity contribution >= 4 is 11.9 Å². The summed E-state index contributed by atoms with van der Waals surface area (Å²) in [6.45, 7) is 1.56. The number of benzene rings is 2. The fourth-order valence-corrected chi connectivity index (χ4v) is 2.00. The molecule has 0 saturated heterocycles. The molecule has 2 N–H and O–H groups in total. The summed E-state index contributed by atoms with van der Waals surface area (Å²) in [5.41, 5.74) is 2.55. The van der Waals surface area contributed by atoms with E-state index in [1.165, 1.54) is 7.05 Å². The number of nitrogens with zero attached hydrogens (tertiary/aromatic N) is 1. The van der Waals surface area contributed by atoms with E-state index in [0.29, 0.717) is 11.3 Å². The minimum Gasteiger partial charge on any atom is -0.481 e. The van der Waals surface area contributed by atoms with Crippen LogP contribution in [0.2, 0.25) is 0 Å². The second-order valence-corrected chi connectivity index (χ2v) is 5.04. The fourth-order valence-electron chi connectivity index (χ4n) is 2.00. The topological polar surface area (TPSA) is 91.2 Å². The molecule has 2 aromatic rings. The molecule has 0 aromatic heterocycles. The maximum Gasteiger partial charge on any atom is 0.321 e. The number of ether oxygens (including phenoxy) is 1. The third kappa shape index (κ3) is 4.34. The first-order valence-electron chi connectivity index (χ1n) is 7.33. The zero-order valence-corrected chi connectivity index (χ0v) is 13.4. The highest BCUT2D eigenvalue weighted by Gasteiger charge is 2.16. The first kappa shape index (κ1) is 17.0. The van der Waals surface area contributed by atoms with Gasteiger partial charge in [0.25, 0.3) is 5.91 Å². The molecule has 0 aliphatic rings. The summed E-state index contributed by atoms with van der Waals surface area (Å²) in [6, 6.07) is 16.0. The summed E-state index contributed by atoms with van der Waals surface area (Å²) < 4.78 is 5.51. The van der Waals surface area contributed by atoms with E-state index in [1.807, 2.05) is 24.3 Å². The fraction of sp³-hybridized carbons (Fsp3) is 0.167. The van der Waals surface area contributed by atoms with Gasteiger partial charge in [-0.05, 0) is 42.3 Å². The Hall–Kier alpha value is -3.33. The summed E-state index contributed by atoms with van der Waals surface area (Å²) in [7, 11) is 1.43. The van der Waals surface area contributed by atoms with Crippen molar-refractivity contribution in [2.24, 2.45) is 0 Å². The van der Waals surface area contributed by atoms with Crippen molar-refractivity contribution in [3.63, 3.8) is 0 Å². The van der Waals surface area contributed by atoms with Crippen LogP contribution in [0.4, 0.5) is 4.79 Å². The Morgan fingerprint density at radius 2 is 1.58 bits per heavy atom. The third-order valence-corrected chi connectivity index (χ3v) is 3.35. The lowest BCUT2D eigenvalue weighted by molar-refractivity contribution is -0.126. The number of urea groups is 1. The zero-order chi connectivity index (χ0) is 17.5. The molecule has 6 nitrogen and oxygen atoms in total. The average molecular weight is 323 g/mol. The zero-order valence-electron chi connectivity index (χ0n) is 13.4. The van der Waals surface area contributed by atoms with Crippen LogP contribution in [0.3, 0.4) is 0 Å². The Morgan fingerprint density at radius 3 is 2.08 bits per heavy atom. The van der Waals surface area contributed by atoms with Gasteiger partial charge in [0.1, 0.15) is 5.75 Å². The van der Waals surface area contributed by atoms with Crippen molar-refractivity contribution < 1.29 is 14.3 Å². The van der Waals surface area contributed by atoms with Crippen molar-refractivity contribution in [3.05, 3.63) is 54.1 Å².